The molecule has 0 unspecified atom stereocenters. The van der Waals surface area contributed by atoms with Crippen molar-refractivity contribution in [1.29, 1.82) is 0 Å². The van der Waals surface area contributed by atoms with E-state index in [-0.39, 0.29) is 5.91 Å². The molecule has 4 heteroatoms. The lowest BCUT2D eigenvalue weighted by molar-refractivity contribution is 0.0690. The van der Waals surface area contributed by atoms with Crippen LogP contribution in [0.15, 0.2) is 42.5 Å². The summed E-state index contributed by atoms with van der Waals surface area (Å²) < 4.78 is 10.7. The Morgan fingerprint density at radius 2 is 1.65 bits per heavy atom. The van der Waals surface area contributed by atoms with Gasteiger partial charge < -0.3 is 14.4 Å². The van der Waals surface area contributed by atoms with Crippen molar-refractivity contribution in [3.05, 3.63) is 59.2 Å². The summed E-state index contributed by atoms with van der Waals surface area (Å²) in [5, 5.41) is 0. The Morgan fingerprint density at radius 3 is 2.27 bits per heavy atom. The molecular weight excluding hydrogens is 326 g/mol. The number of likely N-dealkylation sites (tertiary alicyclic amines) is 1. The second-order valence-electron chi connectivity index (χ2n) is 7.00. The minimum absolute atomic E-state index is 0.148. The normalized spacial score (nSPS) is 15.0. The molecule has 0 radical (unpaired) electrons. The van der Waals surface area contributed by atoms with Gasteiger partial charge >= 0.3 is 0 Å². The van der Waals surface area contributed by atoms with Gasteiger partial charge in [0.1, 0.15) is 0 Å². The van der Waals surface area contributed by atoms with Crippen LogP contribution in [-0.4, -0.2) is 38.1 Å². The molecule has 2 aromatic rings. The zero-order valence-corrected chi connectivity index (χ0v) is 15.8. The van der Waals surface area contributed by atoms with Crippen molar-refractivity contribution in [3.8, 4) is 11.5 Å². The molecule has 1 fully saturated rings. The Bertz CT molecular complexity index is 746. The standard InChI is InChI=1S/C22H27NO3/c1-16-4-7-19(8-5-16)22(24)23-12-10-17(11-13-23)14-18-6-9-20(25-2)21(15-18)26-3/h4-9,15,17H,10-14H2,1-3H3. The number of carbonyl (C=O) groups excluding carboxylic acids is 1. The fourth-order valence-electron chi connectivity index (χ4n) is 3.56. The molecule has 4 nitrogen and oxygen atoms in total. The summed E-state index contributed by atoms with van der Waals surface area (Å²) in [6, 6.07) is 14.0. The topological polar surface area (TPSA) is 38.8 Å². The average Bonchev–Trinajstić information content (AvgIpc) is 2.68. The first kappa shape index (κ1) is 18.3. The summed E-state index contributed by atoms with van der Waals surface area (Å²) in [6.07, 6.45) is 3.07. The average molecular weight is 353 g/mol. The molecule has 1 amide bonds. The van der Waals surface area contributed by atoms with Gasteiger partial charge in [-0.25, -0.2) is 0 Å². The number of rotatable bonds is 5. The largest absolute Gasteiger partial charge is 0.493 e. The van der Waals surface area contributed by atoms with Crippen molar-refractivity contribution in [2.24, 2.45) is 5.92 Å². The molecule has 1 saturated heterocycles. The van der Waals surface area contributed by atoms with E-state index in [1.54, 1.807) is 14.2 Å². The summed E-state index contributed by atoms with van der Waals surface area (Å²) >= 11 is 0. The Hall–Kier alpha value is -2.49. The SMILES string of the molecule is COc1ccc(CC2CCN(C(=O)c3ccc(C)cc3)CC2)cc1OC. The molecule has 0 spiro atoms. The molecule has 26 heavy (non-hydrogen) atoms. The summed E-state index contributed by atoms with van der Waals surface area (Å²) in [4.78, 5) is 14.6. The monoisotopic (exact) mass is 353 g/mol. The summed E-state index contributed by atoms with van der Waals surface area (Å²) in [6.45, 7) is 3.68. The molecule has 0 saturated carbocycles. The van der Waals surface area contributed by atoms with Gasteiger partial charge in [0.25, 0.3) is 5.91 Å². The number of amides is 1. The van der Waals surface area contributed by atoms with Gasteiger partial charge in [0.05, 0.1) is 14.2 Å². The number of hydrogen-bond donors (Lipinski definition) is 0. The van der Waals surface area contributed by atoms with Crippen LogP contribution in [0, 0.1) is 12.8 Å². The number of ether oxygens (including phenoxy) is 2. The second kappa shape index (κ2) is 8.26. The highest BCUT2D eigenvalue weighted by Crippen LogP contribution is 2.30. The zero-order valence-electron chi connectivity index (χ0n) is 15.8. The van der Waals surface area contributed by atoms with E-state index in [1.165, 1.54) is 11.1 Å². The zero-order chi connectivity index (χ0) is 18.5. The third-order valence-corrected chi connectivity index (χ3v) is 5.17. The van der Waals surface area contributed by atoms with Crippen LogP contribution in [0.25, 0.3) is 0 Å². The predicted molar refractivity (Wildman–Crippen MR) is 103 cm³/mol. The number of aryl methyl sites for hydroxylation is 1. The highest BCUT2D eigenvalue weighted by Gasteiger charge is 2.24. The van der Waals surface area contributed by atoms with Gasteiger partial charge in [-0.2, -0.15) is 0 Å². The van der Waals surface area contributed by atoms with Crippen molar-refractivity contribution in [3.63, 3.8) is 0 Å². The van der Waals surface area contributed by atoms with Gasteiger partial charge in [0.15, 0.2) is 11.5 Å². The van der Waals surface area contributed by atoms with Crippen molar-refractivity contribution < 1.29 is 14.3 Å². The molecule has 1 heterocycles. The molecule has 3 rings (SSSR count). The summed E-state index contributed by atoms with van der Waals surface area (Å²) in [7, 11) is 3.31. The number of methoxy groups -OCH3 is 2. The third-order valence-electron chi connectivity index (χ3n) is 5.17. The Morgan fingerprint density at radius 1 is 1.00 bits per heavy atom. The lowest BCUT2D eigenvalue weighted by Gasteiger charge is -2.32. The maximum atomic E-state index is 12.6. The second-order valence-corrected chi connectivity index (χ2v) is 7.00. The lowest BCUT2D eigenvalue weighted by Crippen LogP contribution is -2.38. The van der Waals surface area contributed by atoms with E-state index in [9.17, 15) is 4.79 Å². The van der Waals surface area contributed by atoms with Crippen LogP contribution in [0.3, 0.4) is 0 Å². The Balaban J connectivity index is 1.57. The van der Waals surface area contributed by atoms with E-state index in [4.69, 9.17) is 9.47 Å². The maximum absolute atomic E-state index is 12.6. The molecular formula is C22H27NO3. The van der Waals surface area contributed by atoms with Gasteiger partial charge in [0.2, 0.25) is 0 Å². The Labute approximate surface area is 155 Å². The fourth-order valence-corrected chi connectivity index (χ4v) is 3.56. The van der Waals surface area contributed by atoms with Crippen LogP contribution in [0.4, 0.5) is 0 Å². The van der Waals surface area contributed by atoms with E-state index in [1.807, 2.05) is 42.2 Å². The molecule has 0 bridgehead atoms. The van der Waals surface area contributed by atoms with E-state index < -0.39 is 0 Å². The van der Waals surface area contributed by atoms with Crippen LogP contribution < -0.4 is 9.47 Å². The van der Waals surface area contributed by atoms with Crippen LogP contribution in [0.1, 0.15) is 34.3 Å². The summed E-state index contributed by atoms with van der Waals surface area (Å²) in [5.41, 5.74) is 3.22. The van der Waals surface area contributed by atoms with E-state index in [0.29, 0.717) is 5.92 Å². The lowest BCUT2D eigenvalue weighted by atomic mass is 9.90. The first-order chi connectivity index (χ1) is 12.6. The molecule has 0 aliphatic carbocycles. The van der Waals surface area contributed by atoms with Gasteiger partial charge in [-0.3, -0.25) is 4.79 Å². The molecule has 138 valence electrons. The predicted octanol–water partition coefficient (Wildman–Crippen LogP) is 4.11. The van der Waals surface area contributed by atoms with Crippen LogP contribution in [0.2, 0.25) is 0 Å². The van der Waals surface area contributed by atoms with Gasteiger partial charge in [-0.05, 0) is 61.9 Å². The first-order valence-electron chi connectivity index (χ1n) is 9.17. The van der Waals surface area contributed by atoms with Crippen molar-refractivity contribution in [2.75, 3.05) is 27.3 Å². The van der Waals surface area contributed by atoms with Crippen molar-refractivity contribution in [1.82, 2.24) is 4.90 Å². The molecule has 0 atom stereocenters. The van der Waals surface area contributed by atoms with Gasteiger partial charge in [-0.15, -0.1) is 0 Å². The molecule has 0 N–H and O–H groups in total. The number of piperidine rings is 1. The number of nitrogens with zero attached hydrogens (tertiary/aromatic N) is 1. The van der Waals surface area contributed by atoms with Crippen molar-refractivity contribution in [2.45, 2.75) is 26.2 Å². The molecule has 0 aromatic heterocycles. The minimum Gasteiger partial charge on any atom is -0.493 e. The third kappa shape index (κ3) is 4.18. The number of benzene rings is 2. The smallest absolute Gasteiger partial charge is 0.253 e. The van der Waals surface area contributed by atoms with Crippen LogP contribution in [-0.2, 0) is 6.42 Å². The van der Waals surface area contributed by atoms with Gasteiger partial charge in [-0.1, -0.05) is 23.8 Å². The summed E-state index contributed by atoms with van der Waals surface area (Å²) in [5.74, 6) is 2.27. The van der Waals surface area contributed by atoms with Crippen molar-refractivity contribution >= 4 is 5.91 Å². The quantitative estimate of drug-likeness (QED) is 0.812. The number of carbonyl (C=O) groups is 1. The van der Waals surface area contributed by atoms with Gasteiger partial charge in [0, 0.05) is 18.7 Å². The van der Waals surface area contributed by atoms with Crippen LogP contribution >= 0.6 is 0 Å². The fraction of sp³-hybridized carbons (Fsp3) is 0.409. The van der Waals surface area contributed by atoms with E-state index in [0.717, 1.165) is 49.4 Å². The van der Waals surface area contributed by atoms with E-state index in [2.05, 4.69) is 12.1 Å². The highest BCUT2D eigenvalue weighted by atomic mass is 16.5. The first-order valence-corrected chi connectivity index (χ1v) is 9.17. The van der Waals surface area contributed by atoms with E-state index >= 15 is 0 Å². The highest BCUT2D eigenvalue weighted by molar-refractivity contribution is 5.94. The molecule has 1 aliphatic heterocycles. The maximum Gasteiger partial charge on any atom is 0.253 e. The van der Waals surface area contributed by atoms with Crippen LogP contribution in [0.5, 0.6) is 11.5 Å². The molecule has 2 aromatic carbocycles. The Kier molecular flexibility index (Phi) is 5.82. The minimum atomic E-state index is 0.148. The number of hydrogen-bond acceptors (Lipinski definition) is 3. The molecule has 1 aliphatic rings.